The van der Waals surface area contributed by atoms with Gasteiger partial charge < -0.3 is 15.4 Å². The van der Waals surface area contributed by atoms with Gasteiger partial charge in [0.2, 0.25) is 10.0 Å². The Morgan fingerprint density at radius 3 is 2.54 bits per heavy atom. The molecule has 0 bridgehead atoms. The number of methoxy groups -OCH3 is 1. The van der Waals surface area contributed by atoms with Crippen molar-refractivity contribution >= 4 is 40.0 Å². The molecule has 8 nitrogen and oxygen atoms in total. The maximum absolute atomic E-state index is 12.1. The number of pyridine rings is 1. The summed E-state index contributed by atoms with van der Waals surface area (Å²) in [6.07, 6.45) is 3.62. The lowest BCUT2D eigenvalue weighted by Gasteiger charge is -2.13. The number of nitrogens with zero attached hydrogens (tertiary/aromatic N) is 2. The third-order valence-corrected chi connectivity index (χ3v) is 5.20. The number of hydrogen-bond acceptors (Lipinski definition) is 5. The maximum atomic E-state index is 12.1. The number of guanidine groups is 1. The molecule has 0 spiro atoms. The highest BCUT2D eigenvalue weighted by Gasteiger charge is 2.12. The smallest absolute Gasteiger partial charge is 0.242 e. The lowest BCUT2D eigenvalue weighted by Crippen LogP contribution is -2.42. The van der Waals surface area contributed by atoms with Gasteiger partial charge in [-0.2, -0.15) is 0 Å². The van der Waals surface area contributed by atoms with Gasteiger partial charge in [-0.1, -0.05) is 18.2 Å². The molecule has 0 saturated carbocycles. The molecule has 0 fully saturated rings. The molecule has 0 aliphatic heterocycles. The molecular weight excluding hydrogens is 493 g/mol. The molecule has 0 saturated heterocycles. The van der Waals surface area contributed by atoms with Gasteiger partial charge in [-0.15, -0.1) is 24.0 Å². The van der Waals surface area contributed by atoms with E-state index in [0.717, 1.165) is 17.7 Å². The minimum Gasteiger partial charge on any atom is -0.496 e. The molecule has 3 N–H and O–H groups in total. The summed E-state index contributed by atoms with van der Waals surface area (Å²) in [6.45, 7) is 1.29. The summed E-state index contributed by atoms with van der Waals surface area (Å²) >= 11 is 0. The molecule has 154 valence electrons. The Labute approximate surface area is 183 Å². The van der Waals surface area contributed by atoms with E-state index >= 15 is 0 Å². The third-order valence-electron chi connectivity index (χ3n) is 3.76. The Bertz CT molecular complexity index is 847. The van der Waals surface area contributed by atoms with Gasteiger partial charge in [-0.05, 0) is 30.2 Å². The molecule has 0 atom stereocenters. The summed E-state index contributed by atoms with van der Waals surface area (Å²) in [5.74, 6) is 1.46. The van der Waals surface area contributed by atoms with Crippen LogP contribution in [0.15, 0.2) is 58.7 Å². The molecule has 28 heavy (non-hydrogen) atoms. The fourth-order valence-corrected chi connectivity index (χ4v) is 3.40. The summed E-state index contributed by atoms with van der Waals surface area (Å²) in [5, 5.41) is 6.27. The van der Waals surface area contributed by atoms with E-state index in [1.165, 1.54) is 18.5 Å². The molecule has 2 aromatic rings. The van der Waals surface area contributed by atoms with Gasteiger partial charge in [-0.25, -0.2) is 13.1 Å². The van der Waals surface area contributed by atoms with Crippen molar-refractivity contribution in [2.24, 2.45) is 4.99 Å². The van der Waals surface area contributed by atoms with Gasteiger partial charge >= 0.3 is 0 Å². The Balaban J connectivity index is 0.00000392. The number of nitrogens with one attached hydrogen (secondary N) is 3. The summed E-state index contributed by atoms with van der Waals surface area (Å²) in [7, 11) is -0.235. The van der Waals surface area contributed by atoms with E-state index in [1.54, 1.807) is 20.2 Å². The first-order valence-electron chi connectivity index (χ1n) is 8.53. The van der Waals surface area contributed by atoms with Crippen LogP contribution in [0.2, 0.25) is 0 Å². The number of ether oxygens (including phenoxy) is 1. The van der Waals surface area contributed by atoms with E-state index in [2.05, 4.69) is 25.3 Å². The molecule has 1 heterocycles. The van der Waals surface area contributed by atoms with Gasteiger partial charge in [0.25, 0.3) is 0 Å². The molecule has 0 unspecified atom stereocenters. The first kappa shape index (κ1) is 24.1. The SMILES string of the molecule is CN=C(NCCNS(=O)(=O)c1cccnc1)NCCc1ccccc1OC.I. The minimum atomic E-state index is -3.55. The number of hydrogen-bond donors (Lipinski definition) is 3. The lowest BCUT2D eigenvalue weighted by molar-refractivity contribution is 0.409. The predicted octanol–water partition coefficient (Wildman–Crippen LogP) is 1.39. The zero-order chi connectivity index (χ0) is 19.5. The van der Waals surface area contributed by atoms with Crippen LogP contribution in [0.25, 0.3) is 0 Å². The number of rotatable bonds is 9. The van der Waals surface area contributed by atoms with E-state index in [4.69, 9.17) is 4.74 Å². The van der Waals surface area contributed by atoms with Gasteiger partial charge in [0.1, 0.15) is 10.6 Å². The quantitative estimate of drug-likeness (QED) is 0.200. The Morgan fingerprint density at radius 1 is 1.11 bits per heavy atom. The molecule has 0 amide bonds. The van der Waals surface area contributed by atoms with E-state index < -0.39 is 10.0 Å². The second-order valence-electron chi connectivity index (χ2n) is 5.57. The summed E-state index contributed by atoms with van der Waals surface area (Å²) in [4.78, 5) is 8.09. The molecule has 2 rings (SSSR count). The van der Waals surface area contributed by atoms with E-state index in [0.29, 0.717) is 19.0 Å². The average Bonchev–Trinajstić information content (AvgIpc) is 2.70. The van der Waals surface area contributed by atoms with Crippen LogP contribution in [0, 0.1) is 0 Å². The number of aromatic nitrogens is 1. The summed E-state index contributed by atoms with van der Waals surface area (Å²) in [5.41, 5.74) is 1.10. The lowest BCUT2D eigenvalue weighted by atomic mass is 10.1. The van der Waals surface area contributed by atoms with Gasteiger partial charge in [0.15, 0.2) is 5.96 Å². The minimum absolute atomic E-state index is 0. The molecule has 1 aromatic carbocycles. The van der Waals surface area contributed by atoms with Gasteiger partial charge in [0.05, 0.1) is 7.11 Å². The second kappa shape index (κ2) is 12.5. The maximum Gasteiger partial charge on any atom is 0.242 e. The first-order valence-corrected chi connectivity index (χ1v) is 10.0. The van der Waals surface area contributed by atoms with E-state index in [-0.39, 0.29) is 35.4 Å². The van der Waals surface area contributed by atoms with Crippen molar-refractivity contribution in [2.45, 2.75) is 11.3 Å². The third kappa shape index (κ3) is 7.60. The average molecular weight is 519 g/mol. The van der Waals surface area contributed by atoms with Crippen molar-refractivity contribution in [3.8, 4) is 5.75 Å². The highest BCUT2D eigenvalue weighted by molar-refractivity contribution is 14.0. The zero-order valence-corrected chi connectivity index (χ0v) is 19.0. The molecular formula is C18H26IN5O3S. The summed E-state index contributed by atoms with van der Waals surface area (Å²) < 4.78 is 32.1. The fourth-order valence-electron chi connectivity index (χ4n) is 2.40. The largest absolute Gasteiger partial charge is 0.496 e. The number of benzene rings is 1. The van der Waals surface area contributed by atoms with Crippen molar-refractivity contribution in [3.63, 3.8) is 0 Å². The van der Waals surface area contributed by atoms with Crippen LogP contribution in [0.5, 0.6) is 5.75 Å². The van der Waals surface area contributed by atoms with Crippen molar-refractivity contribution in [1.29, 1.82) is 0 Å². The van der Waals surface area contributed by atoms with Crippen molar-refractivity contribution in [2.75, 3.05) is 33.8 Å². The standard InChI is InChI=1S/C18H25N5O3S.HI/c1-19-18(21-11-9-15-6-3-4-8-17(15)26-2)22-12-13-23-27(24,25)16-7-5-10-20-14-16;/h3-8,10,14,23H,9,11-13H2,1-2H3,(H2,19,21,22);1H. The van der Waals surface area contributed by atoms with Crippen LogP contribution in [-0.2, 0) is 16.4 Å². The summed E-state index contributed by atoms with van der Waals surface area (Å²) in [6, 6.07) is 10.9. The molecule has 0 radical (unpaired) electrons. The topological polar surface area (TPSA) is 105 Å². The fraction of sp³-hybridized carbons (Fsp3) is 0.333. The van der Waals surface area contributed by atoms with Crippen LogP contribution in [0.3, 0.4) is 0 Å². The second-order valence-corrected chi connectivity index (χ2v) is 7.34. The highest BCUT2D eigenvalue weighted by atomic mass is 127. The predicted molar refractivity (Wildman–Crippen MR) is 121 cm³/mol. The van der Waals surface area contributed by atoms with Crippen LogP contribution >= 0.6 is 24.0 Å². The van der Waals surface area contributed by atoms with Crippen molar-refractivity contribution in [1.82, 2.24) is 20.3 Å². The Kier molecular flexibility index (Phi) is 10.8. The number of halogens is 1. The van der Waals surface area contributed by atoms with Crippen molar-refractivity contribution < 1.29 is 13.2 Å². The first-order chi connectivity index (χ1) is 13.1. The van der Waals surface area contributed by atoms with Crippen molar-refractivity contribution in [3.05, 3.63) is 54.4 Å². The highest BCUT2D eigenvalue weighted by Crippen LogP contribution is 2.17. The number of sulfonamides is 1. The van der Waals surface area contributed by atoms with Crippen LogP contribution in [0.1, 0.15) is 5.56 Å². The number of para-hydroxylation sites is 1. The number of aliphatic imine (C=N–C) groups is 1. The Morgan fingerprint density at radius 2 is 1.86 bits per heavy atom. The molecule has 1 aromatic heterocycles. The van der Waals surface area contributed by atoms with E-state index in [9.17, 15) is 8.42 Å². The van der Waals surface area contributed by atoms with Crippen LogP contribution in [-0.4, -0.2) is 53.2 Å². The van der Waals surface area contributed by atoms with Gasteiger partial charge in [-0.3, -0.25) is 9.98 Å². The van der Waals surface area contributed by atoms with E-state index in [1.807, 2.05) is 24.3 Å². The molecule has 10 heteroatoms. The molecule has 0 aliphatic rings. The van der Waals surface area contributed by atoms with Crippen LogP contribution < -0.4 is 20.1 Å². The zero-order valence-electron chi connectivity index (χ0n) is 15.9. The van der Waals surface area contributed by atoms with Crippen LogP contribution in [0.4, 0.5) is 0 Å². The Hall–Kier alpha value is -1.92. The molecule has 0 aliphatic carbocycles. The normalized spacial score (nSPS) is 11.4. The van der Waals surface area contributed by atoms with Gasteiger partial charge in [0, 0.05) is 39.1 Å². The monoisotopic (exact) mass is 519 g/mol.